The van der Waals surface area contributed by atoms with Crippen molar-refractivity contribution in [2.24, 2.45) is 0 Å². The molecule has 2 atom stereocenters. The maximum atomic E-state index is 13.0. The van der Waals surface area contributed by atoms with E-state index in [0.29, 0.717) is 18.8 Å². The summed E-state index contributed by atoms with van der Waals surface area (Å²) in [5, 5.41) is 4.32. The smallest absolute Gasteiger partial charge is 0.278 e. The van der Waals surface area contributed by atoms with Crippen LogP contribution in [0.1, 0.15) is 29.9 Å². The van der Waals surface area contributed by atoms with E-state index in [0.717, 1.165) is 5.56 Å². The van der Waals surface area contributed by atoms with Crippen LogP contribution in [0.4, 0.5) is 0 Å². The highest BCUT2D eigenvalue weighted by molar-refractivity contribution is 5.95. The van der Waals surface area contributed by atoms with Gasteiger partial charge in [-0.3, -0.25) is 9.59 Å². The Hall–Kier alpha value is -2.67. The Bertz CT molecular complexity index is 850. The first-order chi connectivity index (χ1) is 12.4. The van der Waals surface area contributed by atoms with Crippen LogP contribution in [0.2, 0.25) is 0 Å². The maximum absolute atomic E-state index is 13.0. The zero-order chi connectivity index (χ0) is 18.8. The number of nitrogens with zero attached hydrogens (tertiary/aromatic N) is 3. The van der Waals surface area contributed by atoms with Gasteiger partial charge in [0.25, 0.3) is 11.5 Å². The molecule has 1 aliphatic heterocycles. The monoisotopic (exact) mass is 357 g/mol. The van der Waals surface area contributed by atoms with Crippen LogP contribution in [0.5, 0.6) is 5.75 Å². The highest BCUT2D eigenvalue weighted by Gasteiger charge is 2.30. The Morgan fingerprint density at radius 2 is 1.81 bits per heavy atom. The SMILES string of the molecule is COc1cc(=O)n(-c2ccc(C)cc2)nc1C(=O)N1C[C@H](C)O[C@@H](C)C1. The molecule has 1 saturated heterocycles. The second kappa shape index (κ2) is 7.29. The minimum atomic E-state index is -0.356. The highest BCUT2D eigenvalue weighted by Crippen LogP contribution is 2.19. The molecule has 0 N–H and O–H groups in total. The molecule has 1 aromatic carbocycles. The molecule has 2 aromatic rings. The van der Waals surface area contributed by atoms with Gasteiger partial charge >= 0.3 is 0 Å². The second-order valence-corrected chi connectivity index (χ2v) is 6.61. The normalized spacial score (nSPS) is 20.1. The average Bonchev–Trinajstić information content (AvgIpc) is 2.61. The number of ether oxygens (including phenoxy) is 2. The summed E-state index contributed by atoms with van der Waals surface area (Å²) in [7, 11) is 1.42. The molecule has 1 aromatic heterocycles. The van der Waals surface area contributed by atoms with E-state index < -0.39 is 0 Å². The molecule has 0 bridgehead atoms. The number of methoxy groups -OCH3 is 1. The number of aromatic nitrogens is 2. The zero-order valence-corrected chi connectivity index (χ0v) is 15.4. The van der Waals surface area contributed by atoms with Crippen LogP contribution in [0.15, 0.2) is 35.1 Å². The van der Waals surface area contributed by atoms with Crippen molar-refractivity contribution in [3.05, 3.63) is 51.9 Å². The van der Waals surface area contributed by atoms with Crippen LogP contribution in [0, 0.1) is 6.92 Å². The molecule has 1 amide bonds. The molecular formula is C19H23N3O4. The molecule has 1 aliphatic rings. The van der Waals surface area contributed by atoms with Crippen LogP contribution < -0.4 is 10.3 Å². The van der Waals surface area contributed by atoms with E-state index >= 15 is 0 Å². The number of carbonyl (C=O) groups is 1. The van der Waals surface area contributed by atoms with Crippen molar-refractivity contribution >= 4 is 5.91 Å². The van der Waals surface area contributed by atoms with Crippen LogP contribution in [0.25, 0.3) is 5.69 Å². The third kappa shape index (κ3) is 3.62. The van der Waals surface area contributed by atoms with Gasteiger partial charge in [-0.2, -0.15) is 9.78 Å². The largest absolute Gasteiger partial charge is 0.494 e. The van der Waals surface area contributed by atoms with Crippen LogP contribution in [-0.2, 0) is 4.74 Å². The van der Waals surface area contributed by atoms with Gasteiger partial charge < -0.3 is 14.4 Å². The molecule has 0 unspecified atom stereocenters. The lowest BCUT2D eigenvalue weighted by Crippen LogP contribution is -2.48. The van der Waals surface area contributed by atoms with Crippen molar-refractivity contribution in [1.29, 1.82) is 0 Å². The highest BCUT2D eigenvalue weighted by atomic mass is 16.5. The quantitative estimate of drug-likeness (QED) is 0.837. The summed E-state index contributed by atoms with van der Waals surface area (Å²) in [4.78, 5) is 27.1. The summed E-state index contributed by atoms with van der Waals surface area (Å²) in [6.45, 7) is 6.75. The number of rotatable bonds is 3. The van der Waals surface area contributed by atoms with Crippen molar-refractivity contribution in [2.45, 2.75) is 33.0 Å². The van der Waals surface area contributed by atoms with Gasteiger partial charge in [0.2, 0.25) is 0 Å². The molecule has 7 heteroatoms. The number of carbonyl (C=O) groups excluding carboxylic acids is 1. The second-order valence-electron chi connectivity index (χ2n) is 6.61. The van der Waals surface area contributed by atoms with E-state index in [-0.39, 0.29) is 35.1 Å². The number of morpholine rings is 1. The Morgan fingerprint density at radius 1 is 1.19 bits per heavy atom. The van der Waals surface area contributed by atoms with E-state index in [1.165, 1.54) is 17.9 Å². The molecule has 3 rings (SSSR count). The number of amides is 1. The summed E-state index contributed by atoms with van der Waals surface area (Å²) >= 11 is 0. The molecule has 2 heterocycles. The van der Waals surface area contributed by atoms with Crippen molar-refractivity contribution in [3.8, 4) is 11.4 Å². The predicted octanol–water partition coefficient (Wildman–Crippen LogP) is 1.80. The molecule has 0 spiro atoms. The molecule has 0 radical (unpaired) electrons. The van der Waals surface area contributed by atoms with E-state index in [9.17, 15) is 9.59 Å². The van der Waals surface area contributed by atoms with E-state index in [2.05, 4.69) is 5.10 Å². The first-order valence-corrected chi connectivity index (χ1v) is 8.59. The topological polar surface area (TPSA) is 73.7 Å². The molecule has 26 heavy (non-hydrogen) atoms. The lowest BCUT2D eigenvalue weighted by Gasteiger charge is -2.35. The fourth-order valence-corrected chi connectivity index (χ4v) is 3.11. The fourth-order valence-electron chi connectivity index (χ4n) is 3.11. The molecule has 0 saturated carbocycles. The third-order valence-electron chi connectivity index (χ3n) is 4.30. The lowest BCUT2D eigenvalue weighted by atomic mass is 10.2. The minimum absolute atomic E-state index is 0.0586. The average molecular weight is 357 g/mol. The standard InChI is InChI=1S/C19H23N3O4/c1-12-5-7-15(8-6-12)22-17(23)9-16(25-4)18(20-22)19(24)21-10-13(2)26-14(3)11-21/h5-9,13-14H,10-11H2,1-4H3/t13-,14-/m0/s1. The third-order valence-corrected chi connectivity index (χ3v) is 4.30. The van der Waals surface area contributed by atoms with Crippen LogP contribution >= 0.6 is 0 Å². The summed E-state index contributed by atoms with van der Waals surface area (Å²) in [5.74, 6) is -0.0973. The lowest BCUT2D eigenvalue weighted by molar-refractivity contribution is -0.0588. The van der Waals surface area contributed by atoms with Crippen molar-refractivity contribution in [3.63, 3.8) is 0 Å². The zero-order valence-electron chi connectivity index (χ0n) is 15.4. The summed E-state index contributed by atoms with van der Waals surface area (Å²) in [6, 6.07) is 8.67. The van der Waals surface area contributed by atoms with Crippen LogP contribution in [-0.4, -0.2) is 53.0 Å². The number of benzene rings is 1. The van der Waals surface area contributed by atoms with Crippen molar-refractivity contribution in [1.82, 2.24) is 14.7 Å². The van der Waals surface area contributed by atoms with E-state index in [4.69, 9.17) is 9.47 Å². The minimum Gasteiger partial charge on any atom is -0.494 e. The van der Waals surface area contributed by atoms with Crippen molar-refractivity contribution < 1.29 is 14.3 Å². The number of aryl methyl sites for hydroxylation is 1. The molecule has 1 fully saturated rings. The van der Waals surface area contributed by atoms with Gasteiger partial charge in [0.05, 0.1) is 31.1 Å². The Morgan fingerprint density at radius 3 is 2.38 bits per heavy atom. The Labute approximate surface area is 152 Å². The van der Waals surface area contributed by atoms with Crippen LogP contribution in [0.3, 0.4) is 0 Å². The van der Waals surface area contributed by atoms with Gasteiger partial charge in [-0.05, 0) is 32.9 Å². The Kier molecular flexibility index (Phi) is 5.08. The van der Waals surface area contributed by atoms with Gasteiger partial charge in [-0.15, -0.1) is 0 Å². The number of hydrogen-bond acceptors (Lipinski definition) is 5. The molecular weight excluding hydrogens is 334 g/mol. The first-order valence-electron chi connectivity index (χ1n) is 8.59. The fraction of sp³-hybridized carbons (Fsp3) is 0.421. The summed E-state index contributed by atoms with van der Waals surface area (Å²) in [6.07, 6.45) is -0.117. The Balaban J connectivity index is 2.02. The summed E-state index contributed by atoms with van der Waals surface area (Å²) in [5.41, 5.74) is 1.43. The molecule has 7 nitrogen and oxygen atoms in total. The predicted molar refractivity (Wildman–Crippen MR) is 97.0 cm³/mol. The van der Waals surface area contributed by atoms with Gasteiger partial charge in [-0.1, -0.05) is 17.7 Å². The van der Waals surface area contributed by atoms with Crippen molar-refractivity contribution in [2.75, 3.05) is 20.2 Å². The van der Waals surface area contributed by atoms with Gasteiger partial charge in [0.15, 0.2) is 11.4 Å². The summed E-state index contributed by atoms with van der Waals surface area (Å²) < 4.78 is 12.2. The number of hydrogen-bond donors (Lipinski definition) is 0. The van der Waals surface area contributed by atoms with E-state index in [1.807, 2.05) is 32.9 Å². The van der Waals surface area contributed by atoms with Gasteiger partial charge in [0.1, 0.15) is 0 Å². The molecule has 0 aliphatic carbocycles. The maximum Gasteiger partial charge on any atom is 0.278 e. The molecule has 138 valence electrons. The van der Waals surface area contributed by atoms with Gasteiger partial charge in [0, 0.05) is 13.1 Å². The van der Waals surface area contributed by atoms with Gasteiger partial charge in [-0.25, -0.2) is 0 Å². The first kappa shape index (κ1) is 18.1. The van der Waals surface area contributed by atoms with E-state index in [1.54, 1.807) is 17.0 Å².